The number of rotatable bonds is 4. The van der Waals surface area contributed by atoms with Crippen molar-refractivity contribution in [1.29, 1.82) is 5.26 Å². The Morgan fingerprint density at radius 2 is 1.93 bits per heavy atom. The molecule has 2 aliphatic carbocycles. The van der Waals surface area contributed by atoms with Crippen molar-refractivity contribution in [1.82, 2.24) is 10.2 Å². The lowest BCUT2D eigenvalue weighted by Crippen LogP contribution is -2.43. The minimum Gasteiger partial charge on any atom is -0.385 e. The van der Waals surface area contributed by atoms with Crippen LogP contribution in [0.25, 0.3) is 0 Å². The van der Waals surface area contributed by atoms with Gasteiger partial charge in [0.15, 0.2) is 0 Å². The molecule has 0 aromatic heterocycles. The summed E-state index contributed by atoms with van der Waals surface area (Å²) >= 11 is 0. The first-order chi connectivity index (χ1) is 13.0. The van der Waals surface area contributed by atoms with Gasteiger partial charge in [-0.2, -0.15) is 5.26 Å². The smallest absolute Gasteiger partial charge is 0.237 e. The summed E-state index contributed by atoms with van der Waals surface area (Å²) in [6, 6.07) is 8.41. The lowest BCUT2D eigenvalue weighted by Gasteiger charge is -2.26. The molecule has 7 heteroatoms. The molecule has 1 amide bonds. The van der Waals surface area contributed by atoms with Crippen molar-refractivity contribution in [3.63, 3.8) is 0 Å². The van der Waals surface area contributed by atoms with E-state index >= 15 is 0 Å². The van der Waals surface area contributed by atoms with Crippen LogP contribution in [0.4, 0.5) is 4.39 Å². The van der Waals surface area contributed by atoms with E-state index in [-0.39, 0.29) is 42.8 Å². The van der Waals surface area contributed by atoms with Gasteiger partial charge in [0.05, 0.1) is 18.2 Å². The highest BCUT2D eigenvalue weighted by Gasteiger charge is 2.49. The molecule has 1 aromatic carbocycles. The van der Waals surface area contributed by atoms with Crippen LogP contribution in [0.5, 0.6) is 0 Å². The maximum atomic E-state index is 13.2. The Kier molecular flexibility index (Phi) is 6.28. The van der Waals surface area contributed by atoms with E-state index in [0.29, 0.717) is 31.2 Å². The van der Waals surface area contributed by atoms with Crippen LogP contribution < -0.4 is 5.32 Å². The van der Waals surface area contributed by atoms with Crippen LogP contribution in [0.1, 0.15) is 44.1 Å². The van der Waals surface area contributed by atoms with E-state index < -0.39 is 5.60 Å². The molecular formula is C21H27ClFN3O2. The highest BCUT2D eigenvalue weighted by atomic mass is 35.5. The second kappa shape index (κ2) is 8.36. The van der Waals surface area contributed by atoms with Crippen LogP contribution >= 0.6 is 12.4 Å². The third kappa shape index (κ3) is 4.03. The first kappa shape index (κ1) is 21.0. The maximum Gasteiger partial charge on any atom is 0.237 e. The number of hydrogen-bond acceptors (Lipinski definition) is 4. The molecule has 1 heterocycles. The molecule has 5 atom stereocenters. The Morgan fingerprint density at radius 3 is 2.54 bits per heavy atom. The summed E-state index contributed by atoms with van der Waals surface area (Å²) in [5.41, 5.74) is -0.0612. The van der Waals surface area contributed by atoms with E-state index in [9.17, 15) is 14.3 Å². The molecule has 2 unspecified atom stereocenters. The van der Waals surface area contributed by atoms with Gasteiger partial charge in [-0.15, -0.1) is 12.4 Å². The van der Waals surface area contributed by atoms with Gasteiger partial charge < -0.3 is 15.3 Å². The molecule has 2 N–H and O–H groups in total. The van der Waals surface area contributed by atoms with E-state index in [0.717, 1.165) is 31.2 Å². The Morgan fingerprint density at radius 1 is 1.29 bits per heavy atom. The molecule has 2 saturated carbocycles. The third-order valence-corrected chi connectivity index (χ3v) is 6.69. The van der Waals surface area contributed by atoms with E-state index in [2.05, 4.69) is 11.4 Å². The van der Waals surface area contributed by atoms with Gasteiger partial charge in [-0.3, -0.25) is 4.79 Å². The van der Waals surface area contributed by atoms with Crippen LogP contribution in [-0.2, 0) is 10.4 Å². The molecule has 5 nitrogen and oxygen atoms in total. The van der Waals surface area contributed by atoms with Crippen LogP contribution in [0.3, 0.4) is 0 Å². The number of halogens is 2. The van der Waals surface area contributed by atoms with Gasteiger partial charge in [0.25, 0.3) is 0 Å². The highest BCUT2D eigenvalue weighted by molar-refractivity contribution is 5.85. The van der Waals surface area contributed by atoms with Crippen LogP contribution in [0.2, 0.25) is 0 Å². The Labute approximate surface area is 171 Å². The first-order valence-corrected chi connectivity index (χ1v) is 9.89. The topological polar surface area (TPSA) is 76.4 Å². The van der Waals surface area contributed by atoms with Crippen molar-refractivity contribution in [2.45, 2.75) is 56.2 Å². The van der Waals surface area contributed by atoms with Gasteiger partial charge in [0.2, 0.25) is 5.91 Å². The lowest BCUT2D eigenvalue weighted by molar-refractivity contribution is -0.130. The number of aliphatic hydroxyl groups is 1. The average molecular weight is 408 g/mol. The molecule has 152 valence electrons. The van der Waals surface area contributed by atoms with E-state index in [1.54, 1.807) is 17.0 Å². The van der Waals surface area contributed by atoms with Gasteiger partial charge in [0, 0.05) is 12.6 Å². The predicted molar refractivity (Wildman–Crippen MR) is 105 cm³/mol. The Balaban J connectivity index is 0.00000225. The fraction of sp³-hybridized carbons (Fsp3) is 0.619. The molecule has 0 radical (unpaired) electrons. The molecule has 3 aliphatic rings. The number of nitrogens with zero attached hydrogens (tertiary/aromatic N) is 2. The molecule has 1 aromatic rings. The van der Waals surface area contributed by atoms with Crippen molar-refractivity contribution in [3.05, 3.63) is 35.6 Å². The first-order valence-electron chi connectivity index (χ1n) is 9.89. The monoisotopic (exact) mass is 407 g/mol. The lowest BCUT2D eigenvalue weighted by atomic mass is 9.89. The Bertz CT molecular complexity index is 737. The van der Waals surface area contributed by atoms with Crippen LogP contribution in [0.15, 0.2) is 24.3 Å². The summed E-state index contributed by atoms with van der Waals surface area (Å²) < 4.78 is 13.2. The molecule has 0 bridgehead atoms. The zero-order valence-electron chi connectivity index (χ0n) is 15.8. The second-order valence-corrected chi connectivity index (χ2v) is 8.39. The normalized spacial score (nSPS) is 34.0. The molecule has 3 fully saturated rings. The number of carbonyl (C=O) groups excluding carboxylic acids is 1. The van der Waals surface area contributed by atoms with Gasteiger partial charge in [-0.25, -0.2) is 4.39 Å². The minimum absolute atomic E-state index is 0. The second-order valence-electron chi connectivity index (χ2n) is 8.39. The number of benzene rings is 1. The summed E-state index contributed by atoms with van der Waals surface area (Å²) in [6.07, 6.45) is 4.96. The van der Waals surface area contributed by atoms with Crippen molar-refractivity contribution < 1.29 is 14.3 Å². The van der Waals surface area contributed by atoms with Crippen LogP contribution in [0, 0.1) is 29.0 Å². The zero-order valence-corrected chi connectivity index (χ0v) is 16.6. The van der Waals surface area contributed by atoms with E-state index in [1.807, 2.05) is 0 Å². The number of amides is 1. The van der Waals surface area contributed by atoms with Crippen molar-refractivity contribution in [3.8, 4) is 6.07 Å². The quantitative estimate of drug-likeness (QED) is 0.804. The number of likely N-dealkylation sites (tertiary alicyclic amines) is 1. The number of carbonyl (C=O) groups is 1. The van der Waals surface area contributed by atoms with E-state index in [1.165, 1.54) is 12.1 Å². The summed E-state index contributed by atoms with van der Waals surface area (Å²) in [7, 11) is 0. The van der Waals surface area contributed by atoms with Gasteiger partial charge >= 0.3 is 0 Å². The number of hydrogen-bond donors (Lipinski definition) is 2. The number of fused-ring (bicyclic) bond motifs is 1. The summed E-state index contributed by atoms with van der Waals surface area (Å²) in [4.78, 5) is 14.1. The van der Waals surface area contributed by atoms with E-state index in [4.69, 9.17) is 5.26 Å². The molecule has 4 rings (SSSR count). The number of nitrogens with one attached hydrogen (secondary N) is 1. The fourth-order valence-corrected chi connectivity index (χ4v) is 5.36. The molecule has 28 heavy (non-hydrogen) atoms. The Hall–Kier alpha value is -1.68. The van der Waals surface area contributed by atoms with Crippen LogP contribution in [-0.4, -0.2) is 41.1 Å². The summed E-state index contributed by atoms with van der Waals surface area (Å²) in [5, 5.41) is 23.5. The van der Waals surface area contributed by atoms with Crippen molar-refractivity contribution >= 4 is 18.3 Å². The largest absolute Gasteiger partial charge is 0.385 e. The zero-order chi connectivity index (χ0) is 19.0. The van der Waals surface area contributed by atoms with Gasteiger partial charge in [-0.1, -0.05) is 12.1 Å². The SMILES string of the molecule is Cl.N#C[C@@H]1CCCN1C(=O)CNC1C[C@@H]2CC(O)(c3ccc(F)cc3)C[C@@H]2C1. The van der Waals surface area contributed by atoms with Crippen molar-refractivity contribution in [2.75, 3.05) is 13.1 Å². The van der Waals surface area contributed by atoms with Gasteiger partial charge in [0.1, 0.15) is 11.9 Å². The highest BCUT2D eigenvalue weighted by Crippen LogP contribution is 2.52. The maximum absolute atomic E-state index is 13.2. The summed E-state index contributed by atoms with van der Waals surface area (Å²) in [5.74, 6) is 0.572. The molecular weight excluding hydrogens is 381 g/mol. The van der Waals surface area contributed by atoms with Gasteiger partial charge in [-0.05, 0) is 68.1 Å². The molecule has 0 spiro atoms. The molecule has 1 aliphatic heterocycles. The fourth-order valence-electron chi connectivity index (χ4n) is 5.36. The molecule has 1 saturated heterocycles. The minimum atomic E-state index is -0.862. The third-order valence-electron chi connectivity index (χ3n) is 6.69. The summed E-state index contributed by atoms with van der Waals surface area (Å²) in [6.45, 7) is 0.962. The average Bonchev–Trinajstić information content (AvgIpc) is 3.33. The number of nitriles is 1. The standard InChI is InChI=1S/C21H26FN3O2.ClH/c22-17-5-3-16(4-6-17)21(27)10-14-8-18(9-15(14)11-21)24-13-20(26)25-7-1-2-19(25)12-23;/h3-6,14-15,18-19,24,27H,1-2,7-11,13H2;1H/t14-,15+,18?,19-,21?;/m0./s1. The van der Waals surface area contributed by atoms with Crippen molar-refractivity contribution in [2.24, 2.45) is 11.8 Å². The predicted octanol–water partition coefficient (Wildman–Crippen LogP) is 2.73.